The van der Waals surface area contributed by atoms with E-state index in [0.717, 1.165) is 25.2 Å². The molecule has 20 heavy (non-hydrogen) atoms. The summed E-state index contributed by atoms with van der Waals surface area (Å²) in [6.07, 6.45) is 3.66. The van der Waals surface area contributed by atoms with Crippen molar-refractivity contribution < 1.29 is 0 Å². The first-order valence-electron chi connectivity index (χ1n) is 6.83. The second-order valence-corrected chi connectivity index (χ2v) is 4.91. The number of hydrogen-bond acceptors (Lipinski definition) is 3. The summed E-state index contributed by atoms with van der Waals surface area (Å²) >= 11 is 0. The van der Waals surface area contributed by atoms with Crippen molar-refractivity contribution in [1.82, 2.24) is 9.88 Å². The SMILES string of the molecule is CCN(Cc1ccncc1)Cc1ccc(C#N)cc1C. The van der Waals surface area contributed by atoms with Gasteiger partial charge < -0.3 is 0 Å². The number of nitriles is 1. The summed E-state index contributed by atoms with van der Waals surface area (Å²) in [5.41, 5.74) is 4.45. The van der Waals surface area contributed by atoms with Gasteiger partial charge in [-0.05, 0) is 54.4 Å². The van der Waals surface area contributed by atoms with E-state index in [2.05, 4.69) is 35.9 Å². The third kappa shape index (κ3) is 3.66. The molecule has 102 valence electrons. The van der Waals surface area contributed by atoms with Crippen molar-refractivity contribution in [2.45, 2.75) is 26.9 Å². The minimum absolute atomic E-state index is 0.725. The quantitative estimate of drug-likeness (QED) is 0.833. The van der Waals surface area contributed by atoms with E-state index in [-0.39, 0.29) is 0 Å². The molecule has 2 rings (SSSR count). The number of pyridine rings is 1. The van der Waals surface area contributed by atoms with Crippen molar-refractivity contribution in [2.75, 3.05) is 6.54 Å². The van der Waals surface area contributed by atoms with Crippen LogP contribution >= 0.6 is 0 Å². The monoisotopic (exact) mass is 265 g/mol. The zero-order chi connectivity index (χ0) is 14.4. The Kier molecular flexibility index (Phi) is 4.86. The molecular formula is C17H19N3. The number of nitrogens with zero attached hydrogens (tertiary/aromatic N) is 3. The molecule has 1 heterocycles. The topological polar surface area (TPSA) is 39.9 Å². The molecule has 3 heteroatoms. The Morgan fingerprint density at radius 3 is 2.50 bits per heavy atom. The fourth-order valence-corrected chi connectivity index (χ4v) is 2.21. The van der Waals surface area contributed by atoms with E-state index in [1.54, 1.807) is 0 Å². The summed E-state index contributed by atoms with van der Waals surface area (Å²) in [7, 11) is 0. The van der Waals surface area contributed by atoms with Gasteiger partial charge >= 0.3 is 0 Å². The van der Waals surface area contributed by atoms with Crippen molar-refractivity contribution in [3.8, 4) is 6.07 Å². The Labute approximate surface area is 120 Å². The van der Waals surface area contributed by atoms with Gasteiger partial charge in [0.15, 0.2) is 0 Å². The second-order valence-electron chi connectivity index (χ2n) is 4.91. The molecule has 0 fully saturated rings. The van der Waals surface area contributed by atoms with Gasteiger partial charge in [-0.15, -0.1) is 0 Å². The fourth-order valence-electron chi connectivity index (χ4n) is 2.21. The predicted octanol–water partition coefficient (Wildman–Crippen LogP) is 3.28. The van der Waals surface area contributed by atoms with Crippen LogP contribution < -0.4 is 0 Å². The molecule has 1 aromatic heterocycles. The molecule has 0 aliphatic carbocycles. The Morgan fingerprint density at radius 2 is 1.90 bits per heavy atom. The molecule has 3 nitrogen and oxygen atoms in total. The zero-order valence-electron chi connectivity index (χ0n) is 12.0. The maximum absolute atomic E-state index is 8.91. The van der Waals surface area contributed by atoms with Crippen LogP contribution in [0.3, 0.4) is 0 Å². The number of aromatic nitrogens is 1. The fraction of sp³-hybridized carbons (Fsp3) is 0.294. The van der Waals surface area contributed by atoms with Crippen LogP contribution in [-0.2, 0) is 13.1 Å². The third-order valence-electron chi connectivity index (χ3n) is 3.47. The minimum atomic E-state index is 0.725. The van der Waals surface area contributed by atoms with Gasteiger partial charge in [0.05, 0.1) is 11.6 Å². The molecule has 0 saturated carbocycles. The minimum Gasteiger partial charge on any atom is -0.295 e. The molecule has 0 aliphatic rings. The summed E-state index contributed by atoms with van der Waals surface area (Å²) in [6, 6.07) is 12.2. The standard InChI is InChI=1S/C17H19N3/c1-3-20(12-15-6-8-19-9-7-15)13-17-5-4-16(11-18)10-14(17)2/h4-10H,3,12-13H2,1-2H3. The lowest BCUT2D eigenvalue weighted by molar-refractivity contribution is 0.271. The molecule has 0 spiro atoms. The average molecular weight is 265 g/mol. The zero-order valence-corrected chi connectivity index (χ0v) is 12.0. The predicted molar refractivity (Wildman–Crippen MR) is 79.9 cm³/mol. The molecule has 0 atom stereocenters. The number of hydrogen-bond donors (Lipinski definition) is 0. The van der Waals surface area contributed by atoms with E-state index in [0.29, 0.717) is 0 Å². The summed E-state index contributed by atoms with van der Waals surface area (Å²) < 4.78 is 0. The summed E-state index contributed by atoms with van der Waals surface area (Å²) in [6.45, 7) is 7.03. The van der Waals surface area contributed by atoms with Gasteiger partial charge in [-0.25, -0.2) is 0 Å². The Morgan fingerprint density at radius 1 is 1.15 bits per heavy atom. The van der Waals surface area contributed by atoms with Crippen molar-refractivity contribution in [2.24, 2.45) is 0 Å². The average Bonchev–Trinajstić information content (AvgIpc) is 2.49. The van der Waals surface area contributed by atoms with E-state index >= 15 is 0 Å². The van der Waals surface area contributed by atoms with Gasteiger partial charge in [-0.2, -0.15) is 5.26 Å². The maximum Gasteiger partial charge on any atom is 0.0991 e. The van der Waals surface area contributed by atoms with Crippen LogP contribution in [0.1, 0.15) is 29.2 Å². The van der Waals surface area contributed by atoms with E-state index < -0.39 is 0 Å². The third-order valence-corrected chi connectivity index (χ3v) is 3.47. The number of benzene rings is 1. The highest BCUT2D eigenvalue weighted by molar-refractivity contribution is 5.37. The molecule has 2 aromatic rings. The van der Waals surface area contributed by atoms with Crippen LogP contribution in [0.5, 0.6) is 0 Å². The molecule has 0 unspecified atom stereocenters. The van der Waals surface area contributed by atoms with Gasteiger partial charge in [0, 0.05) is 25.5 Å². The lowest BCUT2D eigenvalue weighted by Gasteiger charge is -2.21. The summed E-state index contributed by atoms with van der Waals surface area (Å²) in [4.78, 5) is 6.43. The lowest BCUT2D eigenvalue weighted by atomic mass is 10.0. The van der Waals surface area contributed by atoms with Crippen LogP contribution in [0.2, 0.25) is 0 Å². The van der Waals surface area contributed by atoms with Crippen LogP contribution in [0, 0.1) is 18.3 Å². The largest absolute Gasteiger partial charge is 0.295 e. The maximum atomic E-state index is 8.91. The van der Waals surface area contributed by atoms with Gasteiger partial charge in [0.2, 0.25) is 0 Å². The lowest BCUT2D eigenvalue weighted by Crippen LogP contribution is -2.22. The van der Waals surface area contributed by atoms with Crippen LogP contribution in [0.15, 0.2) is 42.7 Å². The van der Waals surface area contributed by atoms with Crippen molar-refractivity contribution in [3.63, 3.8) is 0 Å². The molecule has 0 aliphatic heterocycles. The van der Waals surface area contributed by atoms with Crippen LogP contribution in [0.25, 0.3) is 0 Å². The molecule has 0 saturated heterocycles. The van der Waals surface area contributed by atoms with E-state index in [1.807, 2.05) is 36.7 Å². The molecule has 0 radical (unpaired) electrons. The van der Waals surface area contributed by atoms with Crippen LogP contribution in [-0.4, -0.2) is 16.4 Å². The smallest absolute Gasteiger partial charge is 0.0991 e. The highest BCUT2D eigenvalue weighted by Gasteiger charge is 2.07. The van der Waals surface area contributed by atoms with Gasteiger partial charge in [0.1, 0.15) is 0 Å². The summed E-state index contributed by atoms with van der Waals surface area (Å²) in [5, 5.41) is 8.91. The van der Waals surface area contributed by atoms with Crippen molar-refractivity contribution >= 4 is 0 Å². The molecule has 0 N–H and O–H groups in total. The van der Waals surface area contributed by atoms with Gasteiger partial charge in [-0.3, -0.25) is 9.88 Å². The molecule has 0 amide bonds. The van der Waals surface area contributed by atoms with E-state index in [9.17, 15) is 0 Å². The second kappa shape index (κ2) is 6.83. The van der Waals surface area contributed by atoms with Crippen molar-refractivity contribution in [1.29, 1.82) is 5.26 Å². The Balaban J connectivity index is 2.09. The summed E-state index contributed by atoms with van der Waals surface area (Å²) in [5.74, 6) is 0. The van der Waals surface area contributed by atoms with Crippen LogP contribution in [0.4, 0.5) is 0 Å². The molecule has 0 bridgehead atoms. The normalized spacial score (nSPS) is 10.5. The highest BCUT2D eigenvalue weighted by atomic mass is 15.1. The highest BCUT2D eigenvalue weighted by Crippen LogP contribution is 2.14. The number of aryl methyl sites for hydroxylation is 1. The van der Waals surface area contributed by atoms with Gasteiger partial charge in [-0.1, -0.05) is 13.0 Å². The van der Waals surface area contributed by atoms with E-state index in [1.165, 1.54) is 16.7 Å². The Hall–Kier alpha value is -2.18. The first-order chi connectivity index (χ1) is 9.72. The first kappa shape index (κ1) is 14.2. The van der Waals surface area contributed by atoms with Gasteiger partial charge in [0.25, 0.3) is 0 Å². The Bertz CT molecular complexity index is 599. The number of rotatable bonds is 5. The first-order valence-corrected chi connectivity index (χ1v) is 6.83. The van der Waals surface area contributed by atoms with Crippen molar-refractivity contribution in [3.05, 3.63) is 65.0 Å². The van der Waals surface area contributed by atoms with E-state index in [4.69, 9.17) is 5.26 Å². The molecular weight excluding hydrogens is 246 g/mol. The molecule has 1 aromatic carbocycles.